The van der Waals surface area contributed by atoms with Gasteiger partial charge in [-0.25, -0.2) is 0 Å². The average Bonchev–Trinajstić information content (AvgIpc) is 2.62. The van der Waals surface area contributed by atoms with Gasteiger partial charge in [-0.3, -0.25) is 0 Å². The minimum atomic E-state index is 0.260. The molecule has 4 heteroatoms. The Morgan fingerprint density at radius 1 is 1.12 bits per heavy atom. The Morgan fingerprint density at radius 2 is 1.96 bits per heavy atom. The smallest absolute Gasteiger partial charge is 0.231 e. The zero-order chi connectivity index (χ0) is 17.2. The summed E-state index contributed by atoms with van der Waals surface area (Å²) in [4.78, 5) is 2.40. The Bertz CT molecular complexity index is 728. The Kier molecular flexibility index (Phi) is 4.53. The third kappa shape index (κ3) is 3.59. The summed E-state index contributed by atoms with van der Waals surface area (Å²) in [6.45, 7) is 5.28. The summed E-state index contributed by atoms with van der Waals surface area (Å²) in [7, 11) is 2.19. The van der Waals surface area contributed by atoms with Crippen LogP contribution in [-0.2, 0) is 0 Å². The second kappa shape index (κ2) is 6.96. The highest BCUT2D eigenvalue weighted by Gasteiger charge is 2.30. The van der Waals surface area contributed by atoms with Crippen molar-refractivity contribution in [3.8, 4) is 17.2 Å². The Morgan fingerprint density at radius 3 is 2.80 bits per heavy atom. The van der Waals surface area contributed by atoms with Gasteiger partial charge in [-0.1, -0.05) is 29.8 Å². The monoisotopic (exact) mass is 339 g/mol. The fourth-order valence-corrected chi connectivity index (χ4v) is 3.80. The van der Waals surface area contributed by atoms with Crippen LogP contribution >= 0.6 is 0 Å². The first-order chi connectivity index (χ1) is 12.2. The van der Waals surface area contributed by atoms with E-state index in [2.05, 4.69) is 43.1 Å². The van der Waals surface area contributed by atoms with Crippen molar-refractivity contribution in [2.45, 2.75) is 19.3 Å². The minimum absolute atomic E-state index is 0.260. The van der Waals surface area contributed by atoms with Crippen molar-refractivity contribution >= 4 is 0 Å². The van der Waals surface area contributed by atoms with Crippen LogP contribution in [0, 0.1) is 12.8 Å². The first-order valence-corrected chi connectivity index (χ1v) is 8.96. The zero-order valence-corrected chi connectivity index (χ0v) is 14.9. The third-order valence-corrected chi connectivity index (χ3v) is 5.25. The topological polar surface area (TPSA) is 30.9 Å². The molecule has 0 saturated carbocycles. The molecule has 2 bridgehead atoms. The van der Waals surface area contributed by atoms with E-state index in [1.807, 2.05) is 18.2 Å². The fourth-order valence-electron chi connectivity index (χ4n) is 3.80. The lowest BCUT2D eigenvalue weighted by molar-refractivity contribution is 0.0926. The molecule has 1 fully saturated rings. The first-order valence-electron chi connectivity index (χ1n) is 8.96. The van der Waals surface area contributed by atoms with Crippen LogP contribution in [0.15, 0.2) is 42.5 Å². The van der Waals surface area contributed by atoms with E-state index in [-0.39, 0.29) is 6.79 Å². The van der Waals surface area contributed by atoms with Crippen LogP contribution in [0.1, 0.15) is 23.5 Å². The lowest BCUT2D eigenvalue weighted by Crippen LogP contribution is -2.39. The van der Waals surface area contributed by atoms with E-state index < -0.39 is 0 Å². The number of likely N-dealkylation sites (tertiary alicyclic amines) is 1. The van der Waals surface area contributed by atoms with Crippen LogP contribution in [0.25, 0.3) is 0 Å². The van der Waals surface area contributed by atoms with Gasteiger partial charge in [-0.2, -0.15) is 0 Å². The number of hydrogen-bond acceptors (Lipinski definition) is 4. The first kappa shape index (κ1) is 16.3. The molecule has 2 aliphatic heterocycles. The van der Waals surface area contributed by atoms with Crippen LogP contribution in [0.5, 0.6) is 17.2 Å². The molecular weight excluding hydrogens is 314 g/mol. The minimum Gasteiger partial charge on any atom is -0.489 e. The molecule has 132 valence electrons. The van der Waals surface area contributed by atoms with Gasteiger partial charge in [0.1, 0.15) is 5.75 Å². The standard InChI is InChI=1S/C21H25NO3/c1-15-3-5-16(6-4-15)19-9-10-22(2)12-17(19)13-23-20-8-7-18-11-21(20)25-14-24-18/h3-8,11,17,19H,9-10,12-14H2,1-2H3. The van der Waals surface area contributed by atoms with Crippen molar-refractivity contribution in [2.24, 2.45) is 5.92 Å². The number of benzene rings is 2. The Labute approximate surface area is 149 Å². The van der Waals surface area contributed by atoms with Gasteiger partial charge in [-0.05, 0) is 50.6 Å². The number of piperidine rings is 1. The number of ether oxygens (including phenoxy) is 3. The average molecular weight is 339 g/mol. The molecule has 0 aromatic heterocycles. The largest absolute Gasteiger partial charge is 0.489 e. The zero-order valence-electron chi connectivity index (χ0n) is 14.9. The fraction of sp³-hybridized carbons (Fsp3) is 0.429. The van der Waals surface area contributed by atoms with Crippen molar-refractivity contribution in [3.63, 3.8) is 0 Å². The van der Waals surface area contributed by atoms with E-state index in [1.165, 1.54) is 17.5 Å². The van der Waals surface area contributed by atoms with Gasteiger partial charge in [0.25, 0.3) is 0 Å². The summed E-state index contributed by atoms with van der Waals surface area (Å²) >= 11 is 0. The SMILES string of the molecule is Cc1ccc(C2CCN(C)CC2COc2ccc3cc2OCO3)cc1. The normalized spacial score (nSPS) is 22.8. The molecule has 2 aromatic carbocycles. The van der Waals surface area contributed by atoms with Gasteiger partial charge in [0.15, 0.2) is 11.5 Å². The van der Waals surface area contributed by atoms with Crippen molar-refractivity contribution < 1.29 is 14.2 Å². The summed E-state index contributed by atoms with van der Waals surface area (Å²) in [6.07, 6.45) is 1.17. The molecule has 2 aliphatic rings. The van der Waals surface area contributed by atoms with E-state index in [0.717, 1.165) is 30.3 Å². The molecular formula is C21H25NO3. The van der Waals surface area contributed by atoms with Gasteiger partial charge in [-0.15, -0.1) is 0 Å². The number of aryl methyl sites for hydroxylation is 1. The second-order valence-electron chi connectivity index (χ2n) is 7.15. The van der Waals surface area contributed by atoms with Crippen molar-refractivity contribution in [1.29, 1.82) is 0 Å². The predicted octanol–water partition coefficient (Wildman–Crippen LogP) is 3.84. The Balaban J connectivity index is 1.49. The van der Waals surface area contributed by atoms with Crippen LogP contribution < -0.4 is 14.2 Å². The number of hydrogen-bond donors (Lipinski definition) is 0. The van der Waals surface area contributed by atoms with E-state index in [1.54, 1.807) is 0 Å². The van der Waals surface area contributed by atoms with E-state index in [0.29, 0.717) is 18.4 Å². The Hall–Kier alpha value is -2.20. The number of rotatable bonds is 4. The van der Waals surface area contributed by atoms with E-state index >= 15 is 0 Å². The predicted molar refractivity (Wildman–Crippen MR) is 97.6 cm³/mol. The third-order valence-electron chi connectivity index (χ3n) is 5.25. The van der Waals surface area contributed by atoms with Crippen LogP contribution in [0.3, 0.4) is 0 Å². The summed E-state index contributed by atoms with van der Waals surface area (Å²) in [6, 6.07) is 14.7. The summed E-state index contributed by atoms with van der Waals surface area (Å²) < 4.78 is 17.1. The number of nitrogens with zero attached hydrogens (tertiary/aromatic N) is 1. The summed E-state index contributed by atoms with van der Waals surface area (Å²) in [5.41, 5.74) is 2.73. The molecule has 0 amide bonds. The van der Waals surface area contributed by atoms with Crippen LogP contribution in [0.2, 0.25) is 0 Å². The maximum absolute atomic E-state index is 6.17. The summed E-state index contributed by atoms with van der Waals surface area (Å²) in [5.74, 6) is 3.43. The highest BCUT2D eigenvalue weighted by molar-refractivity contribution is 5.46. The van der Waals surface area contributed by atoms with Crippen molar-refractivity contribution in [2.75, 3.05) is 33.5 Å². The molecule has 2 aromatic rings. The molecule has 4 nitrogen and oxygen atoms in total. The molecule has 0 aliphatic carbocycles. The van der Waals surface area contributed by atoms with Gasteiger partial charge in [0.2, 0.25) is 6.79 Å². The molecule has 1 saturated heterocycles. The highest BCUT2D eigenvalue weighted by atomic mass is 16.7. The number of fused-ring (bicyclic) bond motifs is 2. The molecule has 4 rings (SSSR count). The van der Waals surface area contributed by atoms with Gasteiger partial charge in [0, 0.05) is 18.5 Å². The summed E-state index contributed by atoms with van der Waals surface area (Å²) in [5, 5.41) is 0. The quantitative estimate of drug-likeness (QED) is 0.847. The molecule has 0 spiro atoms. The van der Waals surface area contributed by atoms with Crippen LogP contribution in [-0.4, -0.2) is 38.4 Å². The molecule has 2 atom stereocenters. The highest BCUT2D eigenvalue weighted by Crippen LogP contribution is 2.37. The maximum Gasteiger partial charge on any atom is 0.231 e. The second-order valence-corrected chi connectivity index (χ2v) is 7.15. The molecule has 25 heavy (non-hydrogen) atoms. The molecule has 2 unspecified atom stereocenters. The van der Waals surface area contributed by atoms with Crippen molar-refractivity contribution in [1.82, 2.24) is 4.90 Å². The van der Waals surface area contributed by atoms with Gasteiger partial charge >= 0.3 is 0 Å². The van der Waals surface area contributed by atoms with Gasteiger partial charge < -0.3 is 19.1 Å². The molecule has 0 N–H and O–H groups in total. The maximum atomic E-state index is 6.17. The van der Waals surface area contributed by atoms with Crippen molar-refractivity contribution in [3.05, 3.63) is 53.6 Å². The molecule has 0 radical (unpaired) electrons. The van der Waals surface area contributed by atoms with Crippen LogP contribution in [0.4, 0.5) is 0 Å². The van der Waals surface area contributed by atoms with Gasteiger partial charge in [0.05, 0.1) is 6.61 Å². The van der Waals surface area contributed by atoms with E-state index in [4.69, 9.17) is 14.2 Å². The van der Waals surface area contributed by atoms with E-state index in [9.17, 15) is 0 Å². The molecule has 2 heterocycles. The lowest BCUT2D eigenvalue weighted by Gasteiger charge is -2.37. The lowest BCUT2D eigenvalue weighted by atomic mass is 9.81.